The molecule has 5 nitrogen and oxygen atoms in total. The normalized spacial score (nSPS) is 13.9. The molecule has 1 aromatic heterocycles. The molecule has 2 aromatic rings. The van der Waals surface area contributed by atoms with Crippen LogP contribution in [0.5, 0.6) is 5.75 Å². The predicted octanol–water partition coefficient (Wildman–Crippen LogP) is 2.69. The Morgan fingerprint density at radius 3 is 2.52 bits per heavy atom. The van der Waals surface area contributed by atoms with Crippen molar-refractivity contribution in [3.05, 3.63) is 47.8 Å². The molecule has 0 fully saturated rings. The average molecular weight is 289 g/mol. The highest BCUT2D eigenvalue weighted by Crippen LogP contribution is 2.34. The molecule has 21 heavy (non-hydrogen) atoms. The number of hydrogen-bond donors (Lipinski definition) is 1. The molecule has 0 aliphatic rings. The molecule has 2 rings (SSSR count). The summed E-state index contributed by atoms with van der Waals surface area (Å²) in [6.45, 7) is 5.33. The summed E-state index contributed by atoms with van der Waals surface area (Å²) < 4.78 is 13.1. The fraction of sp³-hybridized carbons (Fsp3) is 0.438. The van der Waals surface area contributed by atoms with Gasteiger partial charge in [0, 0.05) is 13.2 Å². The molecule has 2 atom stereocenters. The zero-order valence-corrected chi connectivity index (χ0v) is 12.8. The highest BCUT2D eigenvalue weighted by atomic mass is 16.5. The van der Waals surface area contributed by atoms with Crippen molar-refractivity contribution in [2.75, 3.05) is 13.7 Å². The van der Waals surface area contributed by atoms with Crippen molar-refractivity contribution in [3.8, 4) is 5.75 Å². The number of aryl methyl sites for hydroxylation is 1. The summed E-state index contributed by atoms with van der Waals surface area (Å²) in [6.07, 6.45) is 1.47. The van der Waals surface area contributed by atoms with Gasteiger partial charge in [-0.05, 0) is 19.4 Å². The Bertz CT molecular complexity index is 532. The molecule has 2 N–H and O–H groups in total. The van der Waals surface area contributed by atoms with Gasteiger partial charge < -0.3 is 15.2 Å². The van der Waals surface area contributed by atoms with Crippen molar-refractivity contribution < 1.29 is 9.47 Å². The fourth-order valence-electron chi connectivity index (χ4n) is 2.50. The number of hydrogen-bond acceptors (Lipinski definition) is 4. The summed E-state index contributed by atoms with van der Waals surface area (Å²) in [7, 11) is 1.63. The second-order valence-electron chi connectivity index (χ2n) is 4.73. The maximum atomic E-state index is 6.49. The first kappa shape index (κ1) is 15.5. The van der Waals surface area contributed by atoms with E-state index in [1.165, 1.54) is 0 Å². The van der Waals surface area contributed by atoms with Crippen LogP contribution >= 0.6 is 0 Å². The molecule has 1 aromatic carbocycles. The topological polar surface area (TPSA) is 62.3 Å². The van der Waals surface area contributed by atoms with E-state index < -0.39 is 0 Å². The molecular weight excluding hydrogens is 266 g/mol. The van der Waals surface area contributed by atoms with Gasteiger partial charge in [-0.2, -0.15) is 5.10 Å². The quantitative estimate of drug-likeness (QED) is 0.851. The maximum Gasteiger partial charge on any atom is 0.161 e. The van der Waals surface area contributed by atoms with Gasteiger partial charge in [0.25, 0.3) is 0 Å². The van der Waals surface area contributed by atoms with Crippen LogP contribution in [0.2, 0.25) is 0 Å². The van der Waals surface area contributed by atoms with Gasteiger partial charge in [0.15, 0.2) is 5.75 Å². The van der Waals surface area contributed by atoms with Gasteiger partial charge in [0.2, 0.25) is 0 Å². The third-order valence-corrected chi connectivity index (χ3v) is 3.48. The third kappa shape index (κ3) is 3.25. The van der Waals surface area contributed by atoms with Crippen molar-refractivity contribution in [2.24, 2.45) is 5.73 Å². The molecule has 0 spiro atoms. The summed E-state index contributed by atoms with van der Waals surface area (Å²) >= 11 is 0. The minimum absolute atomic E-state index is 0.230. The minimum atomic E-state index is -0.343. The van der Waals surface area contributed by atoms with Gasteiger partial charge in [-0.1, -0.05) is 30.3 Å². The first-order valence-corrected chi connectivity index (χ1v) is 7.24. The van der Waals surface area contributed by atoms with Crippen molar-refractivity contribution >= 4 is 0 Å². The van der Waals surface area contributed by atoms with Gasteiger partial charge in [-0.25, -0.2) is 0 Å². The number of nitrogens with two attached hydrogens (primary N) is 1. The Kier molecular flexibility index (Phi) is 5.36. The Labute approximate surface area is 125 Å². The monoisotopic (exact) mass is 289 g/mol. The predicted molar refractivity (Wildman–Crippen MR) is 82.2 cm³/mol. The Morgan fingerprint density at radius 2 is 1.95 bits per heavy atom. The standard InChI is InChI=1S/C16H23N3O2/c1-4-19-15(13(20-3)11-18-19)14(17)16(21-5-2)12-9-7-6-8-10-12/h6-11,14,16H,4-5,17H2,1-3H3. The van der Waals surface area contributed by atoms with Crippen LogP contribution in [0.1, 0.15) is 37.3 Å². The SMILES string of the molecule is CCOC(c1ccccc1)C(N)c1c(OC)cnn1CC. The highest BCUT2D eigenvalue weighted by Gasteiger charge is 2.28. The van der Waals surface area contributed by atoms with Crippen LogP contribution in [0.3, 0.4) is 0 Å². The van der Waals surface area contributed by atoms with Crippen LogP contribution in [0.15, 0.2) is 36.5 Å². The second kappa shape index (κ2) is 7.24. The maximum absolute atomic E-state index is 6.49. The Balaban J connectivity index is 2.39. The molecule has 1 heterocycles. The lowest BCUT2D eigenvalue weighted by Crippen LogP contribution is -2.25. The lowest BCUT2D eigenvalue weighted by molar-refractivity contribution is 0.0403. The Morgan fingerprint density at radius 1 is 1.24 bits per heavy atom. The van der Waals surface area contributed by atoms with E-state index in [2.05, 4.69) is 5.10 Å². The van der Waals surface area contributed by atoms with E-state index in [9.17, 15) is 0 Å². The van der Waals surface area contributed by atoms with Crippen molar-refractivity contribution in [1.82, 2.24) is 9.78 Å². The smallest absolute Gasteiger partial charge is 0.161 e. The molecule has 0 saturated carbocycles. The number of rotatable bonds is 7. The zero-order valence-electron chi connectivity index (χ0n) is 12.8. The van der Waals surface area contributed by atoms with E-state index in [1.54, 1.807) is 13.3 Å². The van der Waals surface area contributed by atoms with Crippen molar-refractivity contribution in [1.29, 1.82) is 0 Å². The number of ether oxygens (including phenoxy) is 2. The molecule has 114 valence electrons. The molecular formula is C16H23N3O2. The molecule has 0 radical (unpaired) electrons. The largest absolute Gasteiger partial charge is 0.493 e. The molecule has 5 heteroatoms. The molecule has 0 aliphatic carbocycles. The summed E-state index contributed by atoms with van der Waals surface area (Å²) in [5.41, 5.74) is 8.41. The van der Waals surface area contributed by atoms with Crippen molar-refractivity contribution in [3.63, 3.8) is 0 Å². The first-order valence-electron chi connectivity index (χ1n) is 7.24. The molecule has 0 aliphatic heterocycles. The molecule has 2 unspecified atom stereocenters. The number of methoxy groups -OCH3 is 1. The van der Waals surface area contributed by atoms with E-state index >= 15 is 0 Å². The summed E-state index contributed by atoms with van der Waals surface area (Å²) in [5.74, 6) is 0.699. The third-order valence-electron chi connectivity index (χ3n) is 3.48. The minimum Gasteiger partial charge on any atom is -0.493 e. The molecule has 0 amide bonds. The average Bonchev–Trinajstić information content (AvgIpc) is 2.95. The summed E-state index contributed by atoms with van der Waals surface area (Å²) in [6, 6.07) is 9.67. The fourth-order valence-corrected chi connectivity index (χ4v) is 2.50. The van der Waals surface area contributed by atoms with E-state index in [-0.39, 0.29) is 12.1 Å². The molecule has 0 bridgehead atoms. The van der Waals surface area contributed by atoms with Gasteiger partial charge in [0.05, 0.1) is 19.3 Å². The van der Waals surface area contributed by atoms with Crippen molar-refractivity contribution in [2.45, 2.75) is 32.5 Å². The van der Waals surface area contributed by atoms with Gasteiger partial charge in [-0.3, -0.25) is 4.68 Å². The van der Waals surface area contributed by atoms with Gasteiger partial charge in [0.1, 0.15) is 11.8 Å². The highest BCUT2D eigenvalue weighted by molar-refractivity contribution is 5.31. The van der Waals surface area contributed by atoms with Gasteiger partial charge in [-0.15, -0.1) is 0 Å². The first-order chi connectivity index (χ1) is 10.2. The van der Waals surface area contributed by atoms with Crippen LogP contribution in [0.4, 0.5) is 0 Å². The van der Waals surface area contributed by atoms with Crippen LogP contribution in [0.25, 0.3) is 0 Å². The van der Waals surface area contributed by atoms with E-state index in [0.29, 0.717) is 12.4 Å². The lowest BCUT2D eigenvalue weighted by atomic mass is 9.99. The number of benzene rings is 1. The summed E-state index contributed by atoms with van der Waals surface area (Å²) in [5, 5.41) is 4.32. The summed E-state index contributed by atoms with van der Waals surface area (Å²) in [4.78, 5) is 0. The van der Waals surface area contributed by atoms with E-state index in [0.717, 1.165) is 17.8 Å². The number of nitrogens with zero attached hydrogens (tertiary/aromatic N) is 2. The van der Waals surface area contributed by atoms with Crippen LogP contribution < -0.4 is 10.5 Å². The van der Waals surface area contributed by atoms with Crippen LogP contribution in [-0.4, -0.2) is 23.5 Å². The molecule has 0 saturated heterocycles. The zero-order chi connectivity index (χ0) is 15.2. The lowest BCUT2D eigenvalue weighted by Gasteiger charge is -2.25. The van der Waals surface area contributed by atoms with E-state index in [4.69, 9.17) is 15.2 Å². The van der Waals surface area contributed by atoms with E-state index in [1.807, 2.05) is 48.9 Å². The number of aromatic nitrogens is 2. The Hall–Kier alpha value is -1.85. The second-order valence-corrected chi connectivity index (χ2v) is 4.73. The van der Waals surface area contributed by atoms with Gasteiger partial charge >= 0.3 is 0 Å². The van der Waals surface area contributed by atoms with Crippen LogP contribution in [-0.2, 0) is 11.3 Å². The van der Waals surface area contributed by atoms with Crippen LogP contribution in [0, 0.1) is 0 Å².